The maximum atomic E-state index is 6.17. The van der Waals surface area contributed by atoms with Gasteiger partial charge >= 0.3 is 0 Å². The number of hydrogen-bond acceptors (Lipinski definition) is 9. The molecule has 3 N–H and O–H groups in total. The molecule has 0 radical (unpaired) electrons. The van der Waals surface area contributed by atoms with Gasteiger partial charge in [-0.2, -0.15) is 10.1 Å². The number of likely N-dealkylation sites (tertiary alicyclic amines) is 2. The zero-order chi connectivity index (χ0) is 26.4. The molecule has 0 bridgehead atoms. The van der Waals surface area contributed by atoms with E-state index in [2.05, 4.69) is 62.4 Å². The number of nitrogens with one attached hydrogen (secondary N) is 1. The smallest absolute Gasteiger partial charge is 0.223 e. The number of benzene rings is 2. The average Bonchev–Trinajstić information content (AvgIpc) is 3.44. The summed E-state index contributed by atoms with van der Waals surface area (Å²) in [7, 11) is 1.73. The van der Waals surface area contributed by atoms with E-state index in [0.29, 0.717) is 41.9 Å². The number of nitrogens with two attached hydrogens (primary N) is 1. The van der Waals surface area contributed by atoms with Crippen molar-refractivity contribution in [3.05, 3.63) is 59.4 Å². The maximum absolute atomic E-state index is 6.17. The van der Waals surface area contributed by atoms with Gasteiger partial charge in [0.25, 0.3) is 0 Å². The Balaban J connectivity index is 1.16. The van der Waals surface area contributed by atoms with E-state index in [1.807, 2.05) is 23.0 Å². The van der Waals surface area contributed by atoms with Crippen molar-refractivity contribution >= 4 is 22.3 Å². The molecule has 0 atom stereocenters. The van der Waals surface area contributed by atoms with Gasteiger partial charge in [0, 0.05) is 67.7 Å². The number of aromatic nitrogens is 4. The SMILES string of the molecule is COc1cc(CN2CC3(C2)CN(C(C)C)C3)ccc1Cn1ncc2cc(N)cc(NCc3noc(C)n3)c21. The Hall–Kier alpha value is -3.63. The minimum Gasteiger partial charge on any atom is -0.496 e. The highest BCUT2D eigenvalue weighted by Crippen LogP contribution is 2.41. The topological polar surface area (TPSA) is 110 Å². The zero-order valence-electron chi connectivity index (χ0n) is 22.6. The highest BCUT2D eigenvalue weighted by atomic mass is 16.5. The summed E-state index contributed by atoms with van der Waals surface area (Å²) in [5.74, 6) is 2.00. The van der Waals surface area contributed by atoms with Crippen molar-refractivity contribution in [2.75, 3.05) is 44.3 Å². The van der Waals surface area contributed by atoms with Crippen molar-refractivity contribution in [3.8, 4) is 5.75 Å². The first-order chi connectivity index (χ1) is 18.3. The molecule has 200 valence electrons. The summed E-state index contributed by atoms with van der Waals surface area (Å²) < 4.78 is 12.9. The molecule has 2 aromatic carbocycles. The van der Waals surface area contributed by atoms with Crippen LogP contribution in [0.3, 0.4) is 0 Å². The monoisotopic (exact) mass is 516 g/mol. The Kier molecular flexibility index (Phi) is 6.23. The number of methoxy groups -OCH3 is 1. The number of ether oxygens (including phenoxy) is 1. The van der Waals surface area contributed by atoms with Crippen molar-refractivity contribution in [3.63, 3.8) is 0 Å². The largest absolute Gasteiger partial charge is 0.496 e. The third-order valence-corrected chi connectivity index (χ3v) is 7.77. The second-order valence-corrected chi connectivity index (χ2v) is 11.2. The quantitative estimate of drug-likeness (QED) is 0.323. The van der Waals surface area contributed by atoms with Gasteiger partial charge in [0.1, 0.15) is 5.75 Å². The van der Waals surface area contributed by atoms with E-state index in [1.54, 1.807) is 14.0 Å². The number of nitrogens with zero attached hydrogens (tertiary/aromatic N) is 6. The minimum atomic E-state index is 0.423. The Morgan fingerprint density at radius 1 is 1.13 bits per heavy atom. The standard InChI is InChI=1S/C28H36N8O2/c1-18(2)35-16-28(17-35)14-34(15-28)12-20-5-6-21(25(7-20)37-4)13-36-27-22(10-31-36)8-23(29)9-24(27)30-11-26-32-19(3)38-33-26/h5-10,18,30H,11-17,29H2,1-4H3. The molecule has 0 saturated carbocycles. The molecule has 2 saturated heterocycles. The normalized spacial score (nSPS) is 17.2. The van der Waals surface area contributed by atoms with Gasteiger partial charge in [0.05, 0.1) is 37.6 Å². The van der Waals surface area contributed by atoms with Crippen LogP contribution in [0, 0.1) is 12.3 Å². The number of hydrogen-bond donors (Lipinski definition) is 2. The molecule has 0 amide bonds. The molecule has 2 fully saturated rings. The second kappa shape index (κ2) is 9.59. The van der Waals surface area contributed by atoms with E-state index in [0.717, 1.165) is 34.4 Å². The Morgan fingerprint density at radius 3 is 2.66 bits per heavy atom. The van der Waals surface area contributed by atoms with Gasteiger partial charge in [-0.05, 0) is 37.6 Å². The highest BCUT2D eigenvalue weighted by molar-refractivity contribution is 5.93. The van der Waals surface area contributed by atoms with E-state index in [1.165, 1.54) is 31.7 Å². The fraction of sp³-hybridized carbons (Fsp3) is 0.464. The van der Waals surface area contributed by atoms with Gasteiger partial charge in [0.2, 0.25) is 5.89 Å². The number of aryl methyl sites for hydroxylation is 1. The van der Waals surface area contributed by atoms with E-state index in [-0.39, 0.29) is 0 Å². The lowest BCUT2D eigenvalue weighted by atomic mass is 9.72. The predicted molar refractivity (Wildman–Crippen MR) is 147 cm³/mol. The molecule has 2 aliphatic rings. The van der Waals surface area contributed by atoms with Crippen LogP contribution >= 0.6 is 0 Å². The fourth-order valence-corrected chi connectivity index (χ4v) is 5.93. The molecule has 10 nitrogen and oxygen atoms in total. The predicted octanol–water partition coefficient (Wildman–Crippen LogP) is 3.50. The van der Waals surface area contributed by atoms with Crippen molar-refractivity contribution in [1.82, 2.24) is 29.7 Å². The van der Waals surface area contributed by atoms with Crippen molar-refractivity contribution in [1.29, 1.82) is 0 Å². The molecule has 2 aromatic heterocycles. The summed E-state index contributed by atoms with van der Waals surface area (Å²) in [6.07, 6.45) is 1.84. The van der Waals surface area contributed by atoms with E-state index in [9.17, 15) is 0 Å². The van der Waals surface area contributed by atoms with Crippen molar-refractivity contribution in [2.24, 2.45) is 5.41 Å². The van der Waals surface area contributed by atoms with Gasteiger partial charge in [-0.25, -0.2) is 0 Å². The molecular formula is C28H36N8O2. The van der Waals surface area contributed by atoms with Crippen LogP contribution in [0.25, 0.3) is 10.9 Å². The van der Waals surface area contributed by atoms with Crippen LogP contribution in [0.4, 0.5) is 11.4 Å². The highest BCUT2D eigenvalue weighted by Gasteiger charge is 2.51. The van der Waals surface area contributed by atoms with Crippen LogP contribution < -0.4 is 15.8 Å². The number of rotatable bonds is 9. The molecule has 4 heterocycles. The van der Waals surface area contributed by atoms with Crippen LogP contribution in [-0.2, 0) is 19.6 Å². The van der Waals surface area contributed by atoms with Gasteiger partial charge in [0.15, 0.2) is 5.82 Å². The molecule has 10 heteroatoms. The molecular weight excluding hydrogens is 480 g/mol. The maximum Gasteiger partial charge on any atom is 0.223 e. The Morgan fingerprint density at radius 2 is 1.95 bits per heavy atom. The van der Waals surface area contributed by atoms with E-state index < -0.39 is 0 Å². The molecule has 0 unspecified atom stereocenters. The summed E-state index contributed by atoms with van der Waals surface area (Å²) in [5.41, 5.74) is 11.5. The number of fused-ring (bicyclic) bond motifs is 1. The first-order valence-electron chi connectivity index (χ1n) is 13.2. The van der Waals surface area contributed by atoms with E-state index in [4.69, 9.17) is 15.0 Å². The molecule has 1 spiro atoms. The number of nitrogen functional groups attached to an aromatic ring is 1. The van der Waals surface area contributed by atoms with Gasteiger partial charge in [-0.3, -0.25) is 14.5 Å². The molecule has 2 aliphatic heterocycles. The first kappa shape index (κ1) is 24.7. The molecule has 38 heavy (non-hydrogen) atoms. The zero-order valence-corrected chi connectivity index (χ0v) is 22.6. The van der Waals surface area contributed by atoms with Crippen LogP contribution in [0.15, 0.2) is 41.1 Å². The van der Waals surface area contributed by atoms with Crippen LogP contribution in [0.1, 0.15) is 36.7 Å². The minimum absolute atomic E-state index is 0.423. The summed E-state index contributed by atoms with van der Waals surface area (Å²) in [5, 5.41) is 13.0. The third-order valence-electron chi connectivity index (χ3n) is 7.77. The average molecular weight is 517 g/mol. The lowest BCUT2D eigenvalue weighted by Gasteiger charge is -2.61. The molecule has 6 rings (SSSR count). The lowest BCUT2D eigenvalue weighted by Crippen LogP contribution is -2.72. The third kappa shape index (κ3) is 4.69. The van der Waals surface area contributed by atoms with Crippen LogP contribution in [0.2, 0.25) is 0 Å². The summed E-state index contributed by atoms with van der Waals surface area (Å²) in [6.45, 7) is 13.1. The summed E-state index contributed by atoms with van der Waals surface area (Å²) in [6, 6.07) is 11.0. The van der Waals surface area contributed by atoms with Crippen LogP contribution in [0.5, 0.6) is 5.75 Å². The fourth-order valence-electron chi connectivity index (χ4n) is 5.93. The lowest BCUT2D eigenvalue weighted by molar-refractivity contribution is -0.128. The van der Waals surface area contributed by atoms with Crippen molar-refractivity contribution in [2.45, 2.75) is 46.4 Å². The first-order valence-corrected chi connectivity index (χ1v) is 13.2. The Labute approximate surface area is 222 Å². The van der Waals surface area contributed by atoms with Crippen molar-refractivity contribution < 1.29 is 9.26 Å². The molecule has 0 aliphatic carbocycles. The van der Waals surface area contributed by atoms with Gasteiger partial charge < -0.3 is 20.3 Å². The number of anilines is 2. The molecule has 4 aromatic rings. The summed E-state index contributed by atoms with van der Waals surface area (Å²) in [4.78, 5) is 9.39. The van der Waals surface area contributed by atoms with E-state index >= 15 is 0 Å². The van der Waals surface area contributed by atoms with Gasteiger partial charge in [-0.1, -0.05) is 17.3 Å². The van der Waals surface area contributed by atoms with Crippen LogP contribution in [-0.4, -0.2) is 69.1 Å². The van der Waals surface area contributed by atoms with Gasteiger partial charge in [-0.15, -0.1) is 0 Å². The Bertz CT molecular complexity index is 1440. The summed E-state index contributed by atoms with van der Waals surface area (Å²) >= 11 is 0. The second-order valence-electron chi connectivity index (χ2n) is 11.2.